The van der Waals surface area contributed by atoms with Gasteiger partial charge in [0.2, 0.25) is 5.90 Å². The van der Waals surface area contributed by atoms with Gasteiger partial charge in [-0.05, 0) is 103 Å². The van der Waals surface area contributed by atoms with Crippen LogP contribution in [0.5, 0.6) is 11.5 Å². The highest BCUT2D eigenvalue weighted by atomic mass is 16.5. The van der Waals surface area contributed by atoms with Crippen molar-refractivity contribution in [3.63, 3.8) is 0 Å². The molecule has 0 saturated heterocycles. The third-order valence-electron chi connectivity index (χ3n) is 10.1. The van der Waals surface area contributed by atoms with Crippen molar-refractivity contribution in [1.29, 1.82) is 0 Å². The van der Waals surface area contributed by atoms with E-state index in [0.717, 1.165) is 58.2 Å². The van der Waals surface area contributed by atoms with E-state index < -0.39 is 0 Å². The summed E-state index contributed by atoms with van der Waals surface area (Å²) in [6.07, 6.45) is 7.18. The second-order valence-corrected chi connectivity index (χ2v) is 15.0. The Morgan fingerprint density at radius 3 is 2.42 bits per heavy atom. The van der Waals surface area contributed by atoms with Crippen molar-refractivity contribution in [3.05, 3.63) is 125 Å². The molecule has 4 heterocycles. The van der Waals surface area contributed by atoms with E-state index in [-0.39, 0.29) is 23.0 Å². The van der Waals surface area contributed by atoms with E-state index in [1.165, 1.54) is 23.1 Å². The minimum Gasteiger partial charge on any atom is -0.472 e. The van der Waals surface area contributed by atoms with Gasteiger partial charge in [-0.1, -0.05) is 58.9 Å². The lowest BCUT2D eigenvalue weighted by molar-refractivity contribution is 0.211. The molecule has 2 aliphatic heterocycles. The van der Waals surface area contributed by atoms with E-state index >= 15 is 0 Å². The van der Waals surface area contributed by atoms with Gasteiger partial charge in [-0.2, -0.15) is 0 Å². The lowest BCUT2D eigenvalue weighted by Crippen LogP contribution is -2.32. The Balaban J connectivity index is 1.22. The third-order valence-corrected chi connectivity index (χ3v) is 10.1. The second kappa shape index (κ2) is 11.3. The van der Waals surface area contributed by atoms with Crippen molar-refractivity contribution < 1.29 is 9.47 Å². The standard InChI is InChI=1S/C42H42N4O2/c1-26-19-30(46-37-16-15-29(41(2,3)4)24-34(37)42(5,6)33-11-10-18-44-39(33)46)25-31(20-26)47-32-22-27(35-12-7-8-17-43-35)21-28(23-32)40-45-36-13-9-14-38(36)48-40/h7-8,10-12,15-25,36,38H,9,13-14H2,1-6H3/t36-,38+/m1/s1. The quantitative estimate of drug-likeness (QED) is 0.193. The maximum Gasteiger partial charge on any atom is 0.216 e. The Hall–Kier alpha value is -4.97. The molecule has 2 atom stereocenters. The highest BCUT2D eigenvalue weighted by Crippen LogP contribution is 2.52. The Kier molecular flexibility index (Phi) is 7.17. The molecule has 1 saturated carbocycles. The first-order valence-corrected chi connectivity index (χ1v) is 17.1. The number of fused-ring (bicyclic) bond motifs is 3. The zero-order chi connectivity index (χ0) is 33.2. The van der Waals surface area contributed by atoms with E-state index in [9.17, 15) is 0 Å². The molecule has 0 amide bonds. The Morgan fingerprint density at radius 2 is 1.62 bits per heavy atom. The summed E-state index contributed by atoms with van der Waals surface area (Å²) in [4.78, 5) is 16.9. The van der Waals surface area contributed by atoms with Gasteiger partial charge < -0.3 is 9.47 Å². The van der Waals surface area contributed by atoms with Crippen molar-refractivity contribution in [2.45, 2.75) is 83.8 Å². The molecule has 0 radical (unpaired) electrons. The number of aliphatic imine (C=N–C) groups is 1. The fourth-order valence-corrected chi connectivity index (χ4v) is 7.46. The van der Waals surface area contributed by atoms with Gasteiger partial charge in [0.1, 0.15) is 23.4 Å². The number of benzene rings is 3. The minimum absolute atomic E-state index is 0.0338. The number of aryl methyl sites for hydroxylation is 1. The minimum atomic E-state index is -0.217. The molecule has 6 nitrogen and oxygen atoms in total. The molecule has 5 aromatic rings. The monoisotopic (exact) mass is 634 g/mol. The van der Waals surface area contributed by atoms with Crippen LogP contribution >= 0.6 is 0 Å². The number of ether oxygens (including phenoxy) is 2. The smallest absolute Gasteiger partial charge is 0.216 e. The Morgan fingerprint density at radius 1 is 0.812 bits per heavy atom. The van der Waals surface area contributed by atoms with E-state index in [0.29, 0.717) is 11.6 Å². The maximum atomic E-state index is 6.74. The number of rotatable bonds is 5. The summed E-state index contributed by atoms with van der Waals surface area (Å²) in [6.45, 7) is 13.5. The van der Waals surface area contributed by atoms with Crippen LogP contribution in [-0.2, 0) is 15.6 Å². The average molecular weight is 635 g/mol. The van der Waals surface area contributed by atoms with Crippen molar-refractivity contribution in [1.82, 2.24) is 9.97 Å². The van der Waals surface area contributed by atoms with Crippen molar-refractivity contribution in [2.75, 3.05) is 4.90 Å². The van der Waals surface area contributed by atoms with Crippen LogP contribution in [0.15, 0.2) is 102 Å². The van der Waals surface area contributed by atoms with E-state index in [1.54, 1.807) is 0 Å². The number of anilines is 3. The van der Waals surface area contributed by atoms with Gasteiger partial charge in [0.15, 0.2) is 0 Å². The first-order chi connectivity index (χ1) is 23.0. The zero-order valence-electron chi connectivity index (χ0n) is 28.6. The fraction of sp³-hybridized carbons (Fsp3) is 0.310. The predicted octanol–water partition coefficient (Wildman–Crippen LogP) is 10.3. The average Bonchev–Trinajstić information content (AvgIpc) is 3.68. The molecular formula is C42H42N4O2. The van der Waals surface area contributed by atoms with Crippen molar-refractivity contribution >= 4 is 23.1 Å². The van der Waals surface area contributed by atoms with Crippen LogP contribution in [0.1, 0.15) is 81.7 Å². The van der Waals surface area contributed by atoms with Crippen LogP contribution in [0.25, 0.3) is 11.3 Å². The maximum absolute atomic E-state index is 6.74. The van der Waals surface area contributed by atoms with E-state index in [4.69, 9.17) is 19.5 Å². The van der Waals surface area contributed by atoms with Crippen LogP contribution in [0.2, 0.25) is 0 Å². The van der Waals surface area contributed by atoms with E-state index in [2.05, 4.69) is 100.0 Å². The Labute approximate surface area is 283 Å². The predicted molar refractivity (Wildman–Crippen MR) is 193 cm³/mol. The molecule has 0 unspecified atom stereocenters. The number of hydrogen-bond acceptors (Lipinski definition) is 6. The van der Waals surface area contributed by atoms with Gasteiger partial charge in [0.25, 0.3) is 0 Å². The fourth-order valence-electron chi connectivity index (χ4n) is 7.46. The van der Waals surface area contributed by atoms with Crippen LogP contribution < -0.4 is 9.64 Å². The van der Waals surface area contributed by atoms with Crippen LogP contribution in [0.3, 0.4) is 0 Å². The molecule has 3 aromatic carbocycles. The first-order valence-electron chi connectivity index (χ1n) is 17.1. The van der Waals surface area contributed by atoms with Crippen molar-refractivity contribution in [2.24, 2.45) is 4.99 Å². The topological polar surface area (TPSA) is 59.8 Å². The first kappa shape index (κ1) is 30.4. The zero-order valence-corrected chi connectivity index (χ0v) is 28.6. The van der Waals surface area contributed by atoms with Crippen LogP contribution in [0, 0.1) is 6.92 Å². The number of aromatic nitrogens is 2. The largest absolute Gasteiger partial charge is 0.472 e. The second-order valence-electron chi connectivity index (χ2n) is 15.0. The molecule has 242 valence electrons. The summed E-state index contributed by atoms with van der Waals surface area (Å²) in [7, 11) is 0. The highest BCUT2D eigenvalue weighted by molar-refractivity contribution is 5.97. The summed E-state index contributed by atoms with van der Waals surface area (Å²) in [5.74, 6) is 3.09. The summed E-state index contributed by atoms with van der Waals surface area (Å²) in [5, 5.41) is 0. The lowest BCUT2D eigenvalue weighted by atomic mass is 9.72. The highest BCUT2D eigenvalue weighted by Gasteiger charge is 2.39. The molecule has 3 aliphatic rings. The molecule has 8 rings (SSSR count). The van der Waals surface area contributed by atoms with Crippen LogP contribution in [0.4, 0.5) is 17.2 Å². The molecular weight excluding hydrogens is 592 g/mol. The molecule has 0 spiro atoms. The molecule has 1 aliphatic carbocycles. The molecule has 2 aromatic heterocycles. The summed E-state index contributed by atoms with van der Waals surface area (Å²) < 4.78 is 13.1. The van der Waals surface area contributed by atoms with Gasteiger partial charge >= 0.3 is 0 Å². The molecule has 48 heavy (non-hydrogen) atoms. The Bertz CT molecular complexity index is 2060. The lowest BCUT2D eigenvalue weighted by Gasteiger charge is -2.41. The molecule has 0 bridgehead atoms. The number of nitrogens with zero attached hydrogens (tertiary/aromatic N) is 4. The van der Waals surface area contributed by atoms with Gasteiger partial charge in [-0.25, -0.2) is 9.98 Å². The van der Waals surface area contributed by atoms with Gasteiger partial charge in [0, 0.05) is 40.6 Å². The normalized spacial score (nSPS) is 19.2. The van der Waals surface area contributed by atoms with Gasteiger partial charge in [-0.3, -0.25) is 9.88 Å². The van der Waals surface area contributed by atoms with Crippen LogP contribution in [-0.4, -0.2) is 28.0 Å². The summed E-state index contributed by atoms with van der Waals surface area (Å²) in [6, 6.07) is 30.0. The van der Waals surface area contributed by atoms with Gasteiger partial charge in [0.05, 0.1) is 23.1 Å². The summed E-state index contributed by atoms with van der Waals surface area (Å²) in [5.41, 5.74) is 9.59. The number of pyridine rings is 2. The number of hydrogen-bond donors (Lipinski definition) is 0. The molecule has 1 fully saturated rings. The van der Waals surface area contributed by atoms with Gasteiger partial charge in [-0.15, -0.1) is 0 Å². The van der Waals surface area contributed by atoms with Crippen molar-refractivity contribution in [3.8, 4) is 22.8 Å². The SMILES string of the molecule is Cc1cc(Oc2cc(C3=N[C@@H]4CCC[C@@H]4O3)cc(-c3ccccn3)c2)cc(N2c3ccc(C(C)(C)C)cc3C(C)(C)c3cccnc32)c1. The molecule has 6 heteroatoms. The molecule has 0 N–H and O–H groups in total. The third kappa shape index (κ3) is 5.33. The summed E-state index contributed by atoms with van der Waals surface area (Å²) >= 11 is 0. The van der Waals surface area contributed by atoms with E-state index in [1.807, 2.05) is 48.8 Å².